The maximum absolute atomic E-state index is 12.7. The number of H-pyrrole nitrogens is 1. The third-order valence-electron chi connectivity index (χ3n) is 4.00. The Morgan fingerprint density at radius 2 is 2.04 bits per heavy atom. The van der Waals surface area contributed by atoms with Gasteiger partial charge < -0.3 is 4.90 Å². The zero-order valence-corrected chi connectivity index (χ0v) is 15.3. The van der Waals surface area contributed by atoms with Gasteiger partial charge in [0.25, 0.3) is 11.7 Å². The lowest BCUT2D eigenvalue weighted by molar-refractivity contribution is -0.669. The smallest absolute Gasteiger partial charge is 0.275 e. The van der Waals surface area contributed by atoms with Crippen LogP contribution in [0.15, 0.2) is 55.1 Å². The summed E-state index contributed by atoms with van der Waals surface area (Å²) in [5.74, 6) is 0.728. The standard InChI is InChI=1S/C19H17Cl2N3O/c1-3-10-24-17-7-5-4-6-16(17)22-18(24)12-23(2)19(25)14-11-13(20)8-9-15(14)21/h3-9,11H,1,10,12H2,2H3/p+1. The fourth-order valence-corrected chi connectivity index (χ4v) is 3.18. The van der Waals surface area contributed by atoms with E-state index in [1.807, 2.05) is 30.3 Å². The summed E-state index contributed by atoms with van der Waals surface area (Å²) in [7, 11) is 1.74. The van der Waals surface area contributed by atoms with E-state index in [0.717, 1.165) is 16.9 Å². The number of fused-ring (bicyclic) bond motifs is 1. The van der Waals surface area contributed by atoms with Crippen LogP contribution in [0.5, 0.6) is 0 Å². The van der Waals surface area contributed by atoms with Crippen LogP contribution in [0.4, 0.5) is 0 Å². The number of hydrogen-bond donors (Lipinski definition) is 1. The third kappa shape index (κ3) is 3.55. The minimum Gasteiger partial charge on any atom is -0.330 e. The Bertz CT molecular complexity index is 949. The Kier molecular flexibility index (Phi) is 5.11. The van der Waals surface area contributed by atoms with Gasteiger partial charge in [0.15, 0.2) is 11.0 Å². The molecule has 0 aliphatic carbocycles. The number of amides is 1. The van der Waals surface area contributed by atoms with E-state index in [4.69, 9.17) is 23.2 Å². The van der Waals surface area contributed by atoms with E-state index in [2.05, 4.69) is 16.1 Å². The molecule has 0 aliphatic heterocycles. The van der Waals surface area contributed by atoms with Crippen molar-refractivity contribution in [3.63, 3.8) is 0 Å². The van der Waals surface area contributed by atoms with E-state index in [-0.39, 0.29) is 5.91 Å². The van der Waals surface area contributed by atoms with Crippen LogP contribution < -0.4 is 4.57 Å². The summed E-state index contributed by atoms with van der Waals surface area (Å²) < 4.78 is 2.10. The minimum absolute atomic E-state index is 0.184. The summed E-state index contributed by atoms with van der Waals surface area (Å²) >= 11 is 12.1. The van der Waals surface area contributed by atoms with Gasteiger partial charge in [-0.25, -0.2) is 9.55 Å². The van der Waals surface area contributed by atoms with Gasteiger partial charge in [-0.3, -0.25) is 4.79 Å². The van der Waals surface area contributed by atoms with Crippen LogP contribution in [0.2, 0.25) is 10.0 Å². The number of imidazole rings is 1. The highest BCUT2D eigenvalue weighted by Crippen LogP contribution is 2.22. The van der Waals surface area contributed by atoms with Gasteiger partial charge in [0.2, 0.25) is 0 Å². The summed E-state index contributed by atoms with van der Waals surface area (Å²) in [5.41, 5.74) is 2.48. The number of aromatic amines is 1. The number of carbonyl (C=O) groups is 1. The maximum atomic E-state index is 12.7. The van der Waals surface area contributed by atoms with Gasteiger partial charge in [0.05, 0.1) is 10.6 Å². The van der Waals surface area contributed by atoms with Crippen molar-refractivity contribution in [3.8, 4) is 0 Å². The normalized spacial score (nSPS) is 10.8. The van der Waals surface area contributed by atoms with E-state index < -0.39 is 0 Å². The second-order valence-corrected chi connectivity index (χ2v) is 6.62. The van der Waals surface area contributed by atoms with Crippen LogP contribution in [0.25, 0.3) is 11.0 Å². The third-order valence-corrected chi connectivity index (χ3v) is 4.57. The van der Waals surface area contributed by atoms with Crippen LogP contribution >= 0.6 is 23.2 Å². The van der Waals surface area contributed by atoms with E-state index in [0.29, 0.717) is 28.7 Å². The molecule has 1 amide bonds. The van der Waals surface area contributed by atoms with E-state index >= 15 is 0 Å². The molecule has 0 aliphatic rings. The van der Waals surface area contributed by atoms with Crippen molar-refractivity contribution in [1.29, 1.82) is 0 Å². The molecule has 0 saturated heterocycles. The molecular formula is C19H18Cl2N3O+. The van der Waals surface area contributed by atoms with Crippen LogP contribution in [-0.4, -0.2) is 22.8 Å². The highest BCUT2D eigenvalue weighted by molar-refractivity contribution is 6.35. The molecule has 3 aromatic rings. The average molecular weight is 375 g/mol. The number of allylic oxidation sites excluding steroid dienone is 1. The van der Waals surface area contributed by atoms with Gasteiger partial charge in [0.1, 0.15) is 13.1 Å². The lowest BCUT2D eigenvalue weighted by atomic mass is 10.2. The van der Waals surface area contributed by atoms with E-state index in [1.165, 1.54) is 0 Å². The first-order valence-electron chi connectivity index (χ1n) is 7.82. The zero-order chi connectivity index (χ0) is 18.0. The second kappa shape index (κ2) is 7.30. The molecule has 0 atom stereocenters. The number of halogens is 2. The number of nitrogens with one attached hydrogen (secondary N) is 1. The molecule has 6 heteroatoms. The molecule has 3 rings (SSSR count). The summed E-state index contributed by atoms with van der Waals surface area (Å²) in [4.78, 5) is 17.7. The molecule has 1 heterocycles. The minimum atomic E-state index is -0.184. The van der Waals surface area contributed by atoms with Crippen molar-refractivity contribution in [2.45, 2.75) is 13.1 Å². The van der Waals surface area contributed by atoms with Crippen LogP contribution in [0.1, 0.15) is 16.2 Å². The van der Waals surface area contributed by atoms with Gasteiger partial charge >= 0.3 is 0 Å². The van der Waals surface area contributed by atoms with E-state index in [1.54, 1.807) is 30.1 Å². The first kappa shape index (κ1) is 17.5. The Morgan fingerprint density at radius 3 is 2.80 bits per heavy atom. The molecule has 4 nitrogen and oxygen atoms in total. The Balaban J connectivity index is 1.92. The number of rotatable bonds is 5. The Hall–Kier alpha value is -2.30. The number of benzene rings is 2. The largest absolute Gasteiger partial charge is 0.330 e. The topological polar surface area (TPSA) is 40.0 Å². The van der Waals surface area contributed by atoms with Crippen molar-refractivity contribution in [2.24, 2.45) is 0 Å². The monoisotopic (exact) mass is 374 g/mol. The molecule has 2 aromatic carbocycles. The predicted molar refractivity (Wildman–Crippen MR) is 101 cm³/mol. The van der Waals surface area contributed by atoms with Gasteiger partial charge in [-0.1, -0.05) is 48.0 Å². The molecule has 1 aromatic heterocycles. The Morgan fingerprint density at radius 1 is 1.28 bits per heavy atom. The van der Waals surface area contributed by atoms with Crippen molar-refractivity contribution < 1.29 is 9.36 Å². The maximum Gasteiger partial charge on any atom is 0.275 e. The molecule has 0 radical (unpaired) electrons. The summed E-state index contributed by atoms with van der Waals surface area (Å²) in [5, 5.41) is 0.866. The average Bonchev–Trinajstić information content (AvgIpc) is 2.94. The lowest BCUT2D eigenvalue weighted by Crippen LogP contribution is -2.40. The van der Waals surface area contributed by atoms with E-state index in [9.17, 15) is 4.79 Å². The van der Waals surface area contributed by atoms with Crippen LogP contribution in [0.3, 0.4) is 0 Å². The zero-order valence-electron chi connectivity index (χ0n) is 13.8. The Labute approximate surface area is 156 Å². The van der Waals surface area contributed by atoms with Crippen molar-refractivity contribution in [1.82, 2.24) is 9.88 Å². The van der Waals surface area contributed by atoms with Gasteiger partial charge in [-0.15, -0.1) is 0 Å². The highest BCUT2D eigenvalue weighted by Gasteiger charge is 2.22. The van der Waals surface area contributed by atoms with Crippen LogP contribution in [-0.2, 0) is 13.1 Å². The van der Waals surface area contributed by atoms with Crippen LogP contribution in [0, 0.1) is 0 Å². The number of para-hydroxylation sites is 2. The molecule has 0 bridgehead atoms. The van der Waals surface area contributed by atoms with Gasteiger partial charge in [-0.2, -0.15) is 0 Å². The van der Waals surface area contributed by atoms with Gasteiger partial charge in [0, 0.05) is 12.1 Å². The fourth-order valence-electron chi connectivity index (χ4n) is 2.81. The fraction of sp³-hybridized carbons (Fsp3) is 0.158. The number of hydrogen-bond acceptors (Lipinski definition) is 1. The summed E-state index contributed by atoms with van der Waals surface area (Å²) in [6.07, 6.45) is 1.83. The van der Waals surface area contributed by atoms with Crippen molar-refractivity contribution in [2.75, 3.05) is 7.05 Å². The molecule has 0 saturated carbocycles. The summed E-state index contributed by atoms with van der Waals surface area (Å²) in [6.45, 7) is 4.88. The number of carbonyl (C=O) groups excluding carboxylic acids is 1. The molecule has 0 unspecified atom stereocenters. The molecule has 0 fully saturated rings. The van der Waals surface area contributed by atoms with Crippen molar-refractivity contribution in [3.05, 3.63) is 76.6 Å². The number of aromatic nitrogens is 2. The van der Waals surface area contributed by atoms with Crippen molar-refractivity contribution >= 4 is 40.1 Å². The summed E-state index contributed by atoms with van der Waals surface area (Å²) in [6, 6.07) is 12.9. The molecule has 0 spiro atoms. The molecule has 1 N–H and O–H groups in total. The molecular weight excluding hydrogens is 357 g/mol. The quantitative estimate of drug-likeness (QED) is 0.527. The second-order valence-electron chi connectivity index (χ2n) is 5.77. The first-order valence-corrected chi connectivity index (χ1v) is 8.57. The first-order chi connectivity index (χ1) is 12.0. The highest BCUT2D eigenvalue weighted by atomic mass is 35.5. The van der Waals surface area contributed by atoms with Gasteiger partial charge in [-0.05, 0) is 30.3 Å². The number of nitrogens with zero attached hydrogens (tertiary/aromatic N) is 2. The molecule has 128 valence electrons. The predicted octanol–water partition coefficient (Wildman–Crippen LogP) is 4.22. The lowest BCUT2D eigenvalue weighted by Gasteiger charge is -2.16. The molecule has 25 heavy (non-hydrogen) atoms. The SMILES string of the molecule is C=CC[n+]1c(CN(C)C(=O)c2cc(Cl)ccc2Cl)[nH]c2ccccc21.